The third-order valence-electron chi connectivity index (χ3n) is 2.77. The molecule has 0 saturated carbocycles. The van der Waals surface area contributed by atoms with Crippen LogP contribution in [-0.4, -0.2) is 29.1 Å². The van der Waals surface area contributed by atoms with E-state index in [1.54, 1.807) is 24.3 Å². The van der Waals surface area contributed by atoms with Gasteiger partial charge in [0, 0.05) is 12.6 Å². The van der Waals surface area contributed by atoms with Gasteiger partial charge in [0.15, 0.2) is 0 Å². The van der Waals surface area contributed by atoms with Crippen LogP contribution in [0.25, 0.3) is 0 Å². The van der Waals surface area contributed by atoms with E-state index in [1.165, 1.54) is 0 Å². The Labute approximate surface area is 101 Å². The number of hydrogen-bond acceptors (Lipinski definition) is 3. The molecule has 0 aliphatic rings. The quantitative estimate of drug-likeness (QED) is 0.844. The van der Waals surface area contributed by atoms with Crippen LogP contribution in [0.4, 0.5) is 0 Å². The van der Waals surface area contributed by atoms with Gasteiger partial charge >= 0.3 is 5.97 Å². The van der Waals surface area contributed by atoms with Crippen molar-refractivity contribution in [3.05, 3.63) is 35.4 Å². The minimum absolute atomic E-state index is 0.194. The number of nitrogens with zero attached hydrogens (tertiary/aromatic N) is 2. The molecule has 1 unspecified atom stereocenters. The standard InChI is InChI=1S/C13H16N2O2/c1-10(7-8-14)15(2)9-11-3-5-12(6-4-11)13(16)17/h3-6,10H,7,9H2,1-2H3,(H,16,17). The molecule has 0 heterocycles. The third kappa shape index (κ3) is 3.89. The van der Waals surface area contributed by atoms with Crippen molar-refractivity contribution in [3.63, 3.8) is 0 Å². The molecule has 0 spiro atoms. The molecule has 0 bridgehead atoms. The molecule has 17 heavy (non-hydrogen) atoms. The smallest absolute Gasteiger partial charge is 0.335 e. The minimum Gasteiger partial charge on any atom is -0.478 e. The summed E-state index contributed by atoms with van der Waals surface area (Å²) >= 11 is 0. The number of rotatable bonds is 5. The molecule has 0 saturated heterocycles. The van der Waals surface area contributed by atoms with Crippen molar-refractivity contribution in [3.8, 4) is 6.07 Å². The normalized spacial score (nSPS) is 12.1. The Morgan fingerprint density at radius 3 is 2.53 bits per heavy atom. The average molecular weight is 232 g/mol. The zero-order valence-electron chi connectivity index (χ0n) is 10.1. The van der Waals surface area contributed by atoms with E-state index in [1.807, 2.05) is 14.0 Å². The molecule has 1 aromatic carbocycles. The number of carboxylic acid groups (broad SMARTS) is 1. The van der Waals surface area contributed by atoms with Crippen LogP contribution in [0.2, 0.25) is 0 Å². The second-order valence-corrected chi connectivity index (χ2v) is 4.13. The summed E-state index contributed by atoms with van der Waals surface area (Å²) < 4.78 is 0. The Kier molecular flexibility index (Phi) is 4.68. The van der Waals surface area contributed by atoms with E-state index in [-0.39, 0.29) is 6.04 Å². The van der Waals surface area contributed by atoms with E-state index < -0.39 is 5.97 Å². The summed E-state index contributed by atoms with van der Waals surface area (Å²) in [6.07, 6.45) is 0.490. The largest absolute Gasteiger partial charge is 0.478 e. The second-order valence-electron chi connectivity index (χ2n) is 4.13. The maximum atomic E-state index is 10.7. The van der Waals surface area contributed by atoms with Crippen LogP contribution in [0.5, 0.6) is 0 Å². The van der Waals surface area contributed by atoms with E-state index in [2.05, 4.69) is 11.0 Å². The minimum atomic E-state index is -0.914. The zero-order valence-corrected chi connectivity index (χ0v) is 10.1. The first-order valence-corrected chi connectivity index (χ1v) is 5.44. The van der Waals surface area contributed by atoms with E-state index >= 15 is 0 Å². The number of hydrogen-bond donors (Lipinski definition) is 1. The monoisotopic (exact) mass is 232 g/mol. The molecule has 0 radical (unpaired) electrons. The second kappa shape index (κ2) is 6.02. The van der Waals surface area contributed by atoms with Gasteiger partial charge in [-0.25, -0.2) is 4.79 Å². The van der Waals surface area contributed by atoms with Gasteiger partial charge in [0.05, 0.1) is 18.1 Å². The van der Waals surface area contributed by atoms with Crippen LogP contribution in [0.3, 0.4) is 0 Å². The Balaban J connectivity index is 2.63. The maximum Gasteiger partial charge on any atom is 0.335 e. The van der Waals surface area contributed by atoms with Crippen molar-refractivity contribution in [1.82, 2.24) is 4.90 Å². The van der Waals surface area contributed by atoms with Gasteiger partial charge in [-0.1, -0.05) is 12.1 Å². The molecule has 0 aromatic heterocycles. The first kappa shape index (κ1) is 13.2. The first-order chi connectivity index (χ1) is 8.04. The van der Waals surface area contributed by atoms with Gasteiger partial charge in [0.1, 0.15) is 0 Å². The summed E-state index contributed by atoms with van der Waals surface area (Å²) in [5.41, 5.74) is 1.34. The van der Waals surface area contributed by atoms with Gasteiger partial charge in [0.2, 0.25) is 0 Å². The average Bonchev–Trinajstić information content (AvgIpc) is 2.30. The summed E-state index contributed by atoms with van der Waals surface area (Å²) in [6.45, 7) is 2.71. The van der Waals surface area contributed by atoms with Gasteiger partial charge in [-0.3, -0.25) is 4.90 Å². The molecule has 90 valence electrons. The highest BCUT2D eigenvalue weighted by molar-refractivity contribution is 5.87. The first-order valence-electron chi connectivity index (χ1n) is 5.44. The highest BCUT2D eigenvalue weighted by atomic mass is 16.4. The van der Waals surface area contributed by atoms with Crippen molar-refractivity contribution in [1.29, 1.82) is 5.26 Å². The Morgan fingerprint density at radius 1 is 1.47 bits per heavy atom. The van der Waals surface area contributed by atoms with Crippen LogP contribution in [0, 0.1) is 11.3 Å². The molecule has 1 atom stereocenters. The fourth-order valence-electron chi connectivity index (χ4n) is 1.48. The van der Waals surface area contributed by atoms with Gasteiger partial charge in [-0.2, -0.15) is 5.26 Å². The van der Waals surface area contributed by atoms with Gasteiger partial charge in [-0.15, -0.1) is 0 Å². The Hall–Kier alpha value is -1.86. The maximum absolute atomic E-state index is 10.7. The fourth-order valence-corrected chi connectivity index (χ4v) is 1.48. The lowest BCUT2D eigenvalue weighted by molar-refractivity contribution is 0.0697. The fraction of sp³-hybridized carbons (Fsp3) is 0.385. The molecule has 1 aromatic rings. The van der Waals surface area contributed by atoms with Crippen LogP contribution in [0.15, 0.2) is 24.3 Å². The molecular formula is C13H16N2O2. The van der Waals surface area contributed by atoms with Gasteiger partial charge < -0.3 is 5.11 Å². The summed E-state index contributed by atoms with van der Waals surface area (Å²) in [5, 5.41) is 17.4. The molecule has 4 nitrogen and oxygen atoms in total. The molecule has 0 aliphatic heterocycles. The highest BCUT2D eigenvalue weighted by Gasteiger charge is 2.09. The number of benzene rings is 1. The summed E-state index contributed by atoms with van der Waals surface area (Å²) in [5.74, 6) is -0.914. The molecule has 1 rings (SSSR count). The van der Waals surface area contributed by atoms with Gasteiger partial charge in [-0.05, 0) is 31.7 Å². The van der Waals surface area contributed by atoms with Crippen molar-refractivity contribution in [2.24, 2.45) is 0 Å². The zero-order chi connectivity index (χ0) is 12.8. The van der Waals surface area contributed by atoms with Crippen LogP contribution < -0.4 is 0 Å². The van der Waals surface area contributed by atoms with Crippen molar-refractivity contribution >= 4 is 5.97 Å². The summed E-state index contributed by atoms with van der Waals surface area (Å²) in [6, 6.07) is 9.14. The Morgan fingerprint density at radius 2 is 2.06 bits per heavy atom. The van der Waals surface area contributed by atoms with E-state index in [9.17, 15) is 4.79 Å². The number of aromatic carboxylic acids is 1. The van der Waals surface area contributed by atoms with Crippen molar-refractivity contribution in [2.45, 2.75) is 25.9 Å². The van der Waals surface area contributed by atoms with E-state index in [0.29, 0.717) is 18.5 Å². The topological polar surface area (TPSA) is 64.3 Å². The predicted molar refractivity (Wildman–Crippen MR) is 64.6 cm³/mol. The number of carbonyl (C=O) groups is 1. The predicted octanol–water partition coefficient (Wildman–Crippen LogP) is 2.12. The molecule has 0 aliphatic carbocycles. The number of nitriles is 1. The summed E-state index contributed by atoms with van der Waals surface area (Å²) in [4.78, 5) is 12.7. The number of carboxylic acids is 1. The summed E-state index contributed by atoms with van der Waals surface area (Å²) in [7, 11) is 1.95. The van der Waals surface area contributed by atoms with Crippen LogP contribution in [-0.2, 0) is 6.54 Å². The highest BCUT2D eigenvalue weighted by Crippen LogP contribution is 2.10. The molecule has 0 amide bonds. The SMILES string of the molecule is CC(CC#N)N(C)Cc1ccc(C(=O)O)cc1. The van der Waals surface area contributed by atoms with Crippen LogP contribution >= 0.6 is 0 Å². The van der Waals surface area contributed by atoms with E-state index in [4.69, 9.17) is 10.4 Å². The van der Waals surface area contributed by atoms with Crippen molar-refractivity contribution in [2.75, 3.05) is 7.05 Å². The third-order valence-corrected chi connectivity index (χ3v) is 2.77. The molecule has 1 N–H and O–H groups in total. The molecular weight excluding hydrogens is 216 g/mol. The van der Waals surface area contributed by atoms with Gasteiger partial charge in [0.25, 0.3) is 0 Å². The van der Waals surface area contributed by atoms with Crippen molar-refractivity contribution < 1.29 is 9.90 Å². The van der Waals surface area contributed by atoms with E-state index in [0.717, 1.165) is 5.56 Å². The lowest BCUT2D eigenvalue weighted by atomic mass is 10.1. The molecule has 4 heteroatoms. The Bertz CT molecular complexity index is 420. The molecule has 0 fully saturated rings. The lowest BCUT2D eigenvalue weighted by Gasteiger charge is -2.22. The van der Waals surface area contributed by atoms with Crippen LogP contribution in [0.1, 0.15) is 29.3 Å². The lowest BCUT2D eigenvalue weighted by Crippen LogP contribution is -2.28.